The number of halogens is 1. The molecule has 3 rings (SSSR count). The first kappa shape index (κ1) is 19.1. The second-order valence-electron chi connectivity index (χ2n) is 7.45. The Hall–Kier alpha value is -0.660. The second-order valence-corrected chi connectivity index (χ2v) is 7.81. The molecule has 7 heteroatoms. The third kappa shape index (κ3) is 4.74. The number of aliphatic hydroxyl groups is 1. The molecule has 142 valence electrons. The number of rotatable bonds is 6. The Morgan fingerprint density at radius 3 is 2.60 bits per heavy atom. The van der Waals surface area contributed by atoms with Crippen LogP contribution in [-0.2, 0) is 24.8 Å². The molecule has 0 unspecified atom stereocenters. The van der Waals surface area contributed by atoms with Crippen molar-refractivity contribution < 1.29 is 9.84 Å². The standard InChI is InChI=1S/C18H31ClN4O2/c1-3-17-16(18(19)21(2)20-17)12-23-10-14(8-15(11-23)13-24)9-22-4-6-25-7-5-22/h14-15,24H,3-13H2,1-2H3/t14-,15-/m1/s1. The van der Waals surface area contributed by atoms with Crippen molar-refractivity contribution >= 4 is 11.6 Å². The van der Waals surface area contributed by atoms with Crippen LogP contribution in [0, 0.1) is 11.8 Å². The molecule has 0 radical (unpaired) electrons. The normalized spacial score (nSPS) is 26.2. The number of hydrogen-bond donors (Lipinski definition) is 1. The van der Waals surface area contributed by atoms with Crippen LogP contribution < -0.4 is 0 Å². The number of nitrogens with zero attached hydrogens (tertiary/aromatic N) is 4. The van der Waals surface area contributed by atoms with Crippen LogP contribution in [0.1, 0.15) is 24.6 Å². The average Bonchev–Trinajstić information content (AvgIpc) is 2.90. The van der Waals surface area contributed by atoms with E-state index >= 15 is 0 Å². The highest BCUT2D eigenvalue weighted by Gasteiger charge is 2.30. The average molecular weight is 371 g/mol. The predicted molar refractivity (Wildman–Crippen MR) is 98.8 cm³/mol. The first-order chi connectivity index (χ1) is 12.1. The predicted octanol–water partition coefficient (Wildman–Crippen LogP) is 1.40. The van der Waals surface area contributed by atoms with Gasteiger partial charge < -0.3 is 9.84 Å². The van der Waals surface area contributed by atoms with Crippen LogP contribution in [0.3, 0.4) is 0 Å². The zero-order valence-electron chi connectivity index (χ0n) is 15.5. The largest absolute Gasteiger partial charge is 0.396 e. The summed E-state index contributed by atoms with van der Waals surface area (Å²) in [5.41, 5.74) is 2.23. The zero-order valence-corrected chi connectivity index (χ0v) is 16.2. The van der Waals surface area contributed by atoms with Crippen molar-refractivity contribution in [3.8, 4) is 0 Å². The lowest BCUT2D eigenvalue weighted by Crippen LogP contribution is -2.47. The van der Waals surface area contributed by atoms with E-state index in [1.165, 1.54) is 0 Å². The molecule has 0 aromatic carbocycles. The highest BCUT2D eigenvalue weighted by atomic mass is 35.5. The monoisotopic (exact) mass is 370 g/mol. The van der Waals surface area contributed by atoms with Gasteiger partial charge in [0.1, 0.15) is 5.15 Å². The van der Waals surface area contributed by atoms with Gasteiger partial charge in [-0.05, 0) is 24.7 Å². The maximum Gasteiger partial charge on any atom is 0.131 e. The van der Waals surface area contributed by atoms with Gasteiger partial charge in [-0.3, -0.25) is 14.5 Å². The van der Waals surface area contributed by atoms with Gasteiger partial charge in [0, 0.05) is 58.5 Å². The lowest BCUT2D eigenvalue weighted by molar-refractivity contribution is 0.0117. The van der Waals surface area contributed by atoms with E-state index in [4.69, 9.17) is 16.3 Å². The zero-order chi connectivity index (χ0) is 17.8. The summed E-state index contributed by atoms with van der Waals surface area (Å²) in [5.74, 6) is 0.935. The number of ether oxygens (including phenoxy) is 1. The van der Waals surface area contributed by atoms with Crippen molar-refractivity contribution in [2.45, 2.75) is 26.3 Å². The fraction of sp³-hybridized carbons (Fsp3) is 0.833. The number of morpholine rings is 1. The minimum absolute atomic E-state index is 0.261. The van der Waals surface area contributed by atoms with Crippen LogP contribution in [0.25, 0.3) is 0 Å². The minimum atomic E-state index is 0.261. The fourth-order valence-electron chi connectivity index (χ4n) is 4.23. The molecule has 2 atom stereocenters. The molecule has 3 heterocycles. The number of aromatic nitrogens is 2. The number of likely N-dealkylation sites (tertiary alicyclic amines) is 1. The molecule has 0 spiro atoms. The van der Waals surface area contributed by atoms with Crippen LogP contribution in [0.4, 0.5) is 0 Å². The van der Waals surface area contributed by atoms with Crippen LogP contribution >= 0.6 is 11.6 Å². The van der Waals surface area contributed by atoms with Crippen LogP contribution in [0.15, 0.2) is 0 Å². The van der Waals surface area contributed by atoms with Crippen molar-refractivity contribution in [1.29, 1.82) is 0 Å². The first-order valence-corrected chi connectivity index (χ1v) is 9.82. The molecule has 0 amide bonds. The van der Waals surface area contributed by atoms with E-state index in [-0.39, 0.29) is 6.61 Å². The Balaban J connectivity index is 1.66. The summed E-state index contributed by atoms with van der Waals surface area (Å²) in [5, 5.41) is 15.0. The van der Waals surface area contributed by atoms with Gasteiger partial charge >= 0.3 is 0 Å². The van der Waals surface area contributed by atoms with Crippen molar-refractivity contribution in [3.63, 3.8) is 0 Å². The molecule has 6 nitrogen and oxygen atoms in total. The van der Waals surface area contributed by atoms with Crippen LogP contribution in [0.2, 0.25) is 5.15 Å². The van der Waals surface area contributed by atoms with Crippen molar-refractivity contribution in [1.82, 2.24) is 19.6 Å². The van der Waals surface area contributed by atoms with E-state index in [0.29, 0.717) is 11.8 Å². The SMILES string of the molecule is CCc1nn(C)c(Cl)c1CN1C[C@H](CO)C[C@H](CN2CCOCC2)C1. The molecule has 25 heavy (non-hydrogen) atoms. The maximum atomic E-state index is 9.76. The molecule has 2 saturated heterocycles. The Bertz CT molecular complexity index is 560. The van der Waals surface area contributed by atoms with E-state index in [1.807, 2.05) is 7.05 Å². The quantitative estimate of drug-likeness (QED) is 0.820. The summed E-state index contributed by atoms with van der Waals surface area (Å²) in [6.45, 7) is 10.0. The van der Waals surface area contributed by atoms with Gasteiger partial charge in [0.05, 0.1) is 18.9 Å². The van der Waals surface area contributed by atoms with Crippen molar-refractivity contribution in [2.75, 3.05) is 52.5 Å². The molecule has 0 aliphatic carbocycles. The molecule has 1 aromatic rings. The van der Waals surface area contributed by atoms with E-state index in [0.717, 1.165) is 81.7 Å². The summed E-state index contributed by atoms with van der Waals surface area (Å²) in [7, 11) is 1.90. The van der Waals surface area contributed by atoms with E-state index in [9.17, 15) is 5.11 Å². The third-order valence-corrected chi connectivity index (χ3v) is 5.92. The van der Waals surface area contributed by atoms with E-state index in [1.54, 1.807) is 4.68 Å². The first-order valence-electron chi connectivity index (χ1n) is 9.44. The van der Waals surface area contributed by atoms with E-state index < -0.39 is 0 Å². The van der Waals surface area contributed by atoms with Gasteiger partial charge in [0.15, 0.2) is 0 Å². The van der Waals surface area contributed by atoms with Gasteiger partial charge in [0.2, 0.25) is 0 Å². The molecular formula is C18H31ClN4O2. The molecule has 1 N–H and O–H groups in total. The summed E-state index contributed by atoms with van der Waals surface area (Å²) >= 11 is 6.48. The van der Waals surface area contributed by atoms with Gasteiger partial charge in [-0.2, -0.15) is 5.10 Å². The number of hydrogen-bond acceptors (Lipinski definition) is 5. The highest BCUT2D eigenvalue weighted by molar-refractivity contribution is 6.30. The van der Waals surface area contributed by atoms with Gasteiger partial charge in [-0.15, -0.1) is 0 Å². The minimum Gasteiger partial charge on any atom is -0.396 e. The summed E-state index contributed by atoms with van der Waals surface area (Å²) in [4.78, 5) is 4.96. The van der Waals surface area contributed by atoms with Crippen LogP contribution in [-0.4, -0.2) is 77.2 Å². The number of aryl methyl sites for hydroxylation is 2. The molecule has 2 aliphatic rings. The molecular weight excluding hydrogens is 340 g/mol. The van der Waals surface area contributed by atoms with Gasteiger partial charge in [-0.25, -0.2) is 0 Å². The molecule has 2 aliphatic heterocycles. The molecule has 1 aromatic heterocycles. The third-order valence-electron chi connectivity index (χ3n) is 5.45. The molecule has 2 fully saturated rings. The smallest absolute Gasteiger partial charge is 0.131 e. The fourth-order valence-corrected chi connectivity index (χ4v) is 4.44. The van der Waals surface area contributed by atoms with Gasteiger partial charge in [-0.1, -0.05) is 18.5 Å². The Labute approximate surface area is 155 Å². The Morgan fingerprint density at radius 1 is 1.20 bits per heavy atom. The lowest BCUT2D eigenvalue weighted by atomic mass is 9.89. The van der Waals surface area contributed by atoms with Crippen LogP contribution in [0.5, 0.6) is 0 Å². The summed E-state index contributed by atoms with van der Waals surface area (Å²) in [6, 6.07) is 0. The highest BCUT2D eigenvalue weighted by Crippen LogP contribution is 2.27. The summed E-state index contributed by atoms with van der Waals surface area (Å²) < 4.78 is 7.23. The lowest BCUT2D eigenvalue weighted by Gasteiger charge is -2.40. The van der Waals surface area contributed by atoms with Gasteiger partial charge in [0.25, 0.3) is 0 Å². The second kappa shape index (κ2) is 8.82. The molecule has 0 bridgehead atoms. The van der Waals surface area contributed by atoms with E-state index in [2.05, 4.69) is 21.8 Å². The van der Waals surface area contributed by atoms with Crippen molar-refractivity contribution in [2.24, 2.45) is 18.9 Å². The number of piperidine rings is 1. The molecule has 0 saturated carbocycles. The Kier molecular flexibility index (Phi) is 6.74. The number of aliphatic hydroxyl groups excluding tert-OH is 1. The summed E-state index contributed by atoms with van der Waals surface area (Å²) in [6.07, 6.45) is 2.00. The van der Waals surface area contributed by atoms with Crippen molar-refractivity contribution in [3.05, 3.63) is 16.4 Å². The topological polar surface area (TPSA) is 53.8 Å². The maximum absolute atomic E-state index is 9.76. The Morgan fingerprint density at radius 2 is 1.92 bits per heavy atom.